The van der Waals surface area contributed by atoms with Crippen LogP contribution in [0, 0.1) is 0 Å². The number of hydrogen-bond acceptors (Lipinski definition) is 4. The lowest BCUT2D eigenvalue weighted by molar-refractivity contribution is 0.0956. The topological polar surface area (TPSA) is 67.2 Å². The van der Waals surface area contributed by atoms with E-state index in [-0.39, 0.29) is 5.91 Å². The quantitative estimate of drug-likeness (QED) is 0.523. The first-order chi connectivity index (χ1) is 8.69. The monoisotopic (exact) mass is 267 g/mol. The van der Waals surface area contributed by atoms with Crippen LogP contribution in [0.25, 0.3) is 0 Å². The molecule has 0 aromatic heterocycles. The average Bonchev–Trinajstić information content (AvgIpc) is 2.35. The maximum atomic E-state index is 11.9. The van der Waals surface area contributed by atoms with Crippen LogP contribution in [0.15, 0.2) is 18.2 Å². The lowest BCUT2D eigenvalue weighted by atomic mass is 10.1. The summed E-state index contributed by atoms with van der Waals surface area (Å²) in [4.78, 5) is 11.9. The molecular formula is C13H21N3OS. The fourth-order valence-electron chi connectivity index (χ4n) is 1.60. The minimum Gasteiger partial charge on any atom is -0.399 e. The number of benzene rings is 1. The molecule has 0 aliphatic heterocycles. The minimum absolute atomic E-state index is 0.0649. The number of nitrogen functional groups attached to an aromatic ring is 1. The molecule has 18 heavy (non-hydrogen) atoms. The van der Waals surface area contributed by atoms with Gasteiger partial charge in [0.2, 0.25) is 0 Å². The third-order valence-electron chi connectivity index (χ3n) is 2.47. The largest absolute Gasteiger partial charge is 0.399 e. The van der Waals surface area contributed by atoms with Crippen LogP contribution < -0.4 is 16.4 Å². The first kappa shape index (κ1) is 14.7. The number of amides is 1. The predicted molar refractivity (Wildman–Crippen MR) is 80.4 cm³/mol. The molecule has 0 spiro atoms. The number of anilines is 2. The van der Waals surface area contributed by atoms with Crippen molar-refractivity contribution >= 4 is 29.0 Å². The van der Waals surface area contributed by atoms with Gasteiger partial charge in [-0.25, -0.2) is 0 Å². The van der Waals surface area contributed by atoms with Crippen molar-refractivity contribution in [3.8, 4) is 0 Å². The molecule has 4 N–H and O–H groups in total. The first-order valence-corrected chi connectivity index (χ1v) is 7.49. The third kappa shape index (κ3) is 4.49. The number of nitrogens with two attached hydrogens (primary N) is 1. The van der Waals surface area contributed by atoms with E-state index in [0.29, 0.717) is 17.8 Å². The fraction of sp³-hybridized carbons (Fsp3) is 0.462. The number of carbonyl (C=O) groups excluding carboxylic acids is 1. The molecule has 0 bridgehead atoms. The predicted octanol–water partition coefficient (Wildman–Crippen LogP) is 2.18. The zero-order valence-corrected chi connectivity index (χ0v) is 11.8. The van der Waals surface area contributed by atoms with E-state index in [1.165, 1.54) is 0 Å². The summed E-state index contributed by atoms with van der Waals surface area (Å²) in [6.45, 7) is 3.37. The van der Waals surface area contributed by atoms with Gasteiger partial charge in [0.05, 0.1) is 5.56 Å². The molecule has 100 valence electrons. The Labute approximate surface area is 113 Å². The number of thioether (sulfide) groups is 1. The van der Waals surface area contributed by atoms with Gasteiger partial charge in [-0.15, -0.1) is 0 Å². The molecule has 0 heterocycles. The summed E-state index contributed by atoms with van der Waals surface area (Å²) in [5, 5.41) is 6.07. The highest BCUT2D eigenvalue weighted by Gasteiger charge is 2.10. The molecule has 0 saturated heterocycles. The molecule has 0 atom stereocenters. The Morgan fingerprint density at radius 1 is 1.44 bits per heavy atom. The van der Waals surface area contributed by atoms with Crippen LogP contribution in [-0.4, -0.2) is 31.0 Å². The summed E-state index contributed by atoms with van der Waals surface area (Å²) in [7, 11) is 0. The molecule has 0 saturated carbocycles. The third-order valence-corrected chi connectivity index (χ3v) is 3.16. The maximum absolute atomic E-state index is 11.9. The van der Waals surface area contributed by atoms with E-state index in [1.807, 2.05) is 24.8 Å². The van der Waals surface area contributed by atoms with E-state index >= 15 is 0 Å². The van der Waals surface area contributed by atoms with Crippen molar-refractivity contribution in [2.75, 3.05) is 36.1 Å². The number of nitrogens with one attached hydrogen (secondary N) is 2. The van der Waals surface area contributed by atoms with Gasteiger partial charge in [0, 0.05) is 24.5 Å². The highest BCUT2D eigenvalue weighted by atomic mass is 32.2. The van der Waals surface area contributed by atoms with Gasteiger partial charge in [-0.1, -0.05) is 0 Å². The zero-order valence-electron chi connectivity index (χ0n) is 11.0. The summed E-state index contributed by atoms with van der Waals surface area (Å²) in [6.07, 6.45) is 3.14. The highest BCUT2D eigenvalue weighted by molar-refractivity contribution is 7.98. The second kappa shape index (κ2) is 7.87. The van der Waals surface area contributed by atoms with Crippen LogP contribution in [0.5, 0.6) is 0 Å². The molecule has 1 aromatic carbocycles. The average molecular weight is 267 g/mol. The lowest BCUT2D eigenvalue weighted by Gasteiger charge is -2.12. The smallest absolute Gasteiger partial charge is 0.253 e. The Morgan fingerprint density at radius 3 is 2.89 bits per heavy atom. The van der Waals surface area contributed by atoms with E-state index in [4.69, 9.17) is 5.73 Å². The Balaban J connectivity index is 2.73. The van der Waals surface area contributed by atoms with Gasteiger partial charge >= 0.3 is 0 Å². The van der Waals surface area contributed by atoms with E-state index in [9.17, 15) is 4.79 Å². The van der Waals surface area contributed by atoms with Gasteiger partial charge in [-0.3, -0.25) is 4.79 Å². The molecule has 0 unspecified atom stereocenters. The summed E-state index contributed by atoms with van der Waals surface area (Å²) in [5.74, 6) is 1.04. The van der Waals surface area contributed by atoms with Crippen molar-refractivity contribution in [1.82, 2.24) is 5.32 Å². The molecule has 0 aliphatic carbocycles. The van der Waals surface area contributed by atoms with Crippen molar-refractivity contribution in [2.24, 2.45) is 0 Å². The van der Waals surface area contributed by atoms with Crippen LogP contribution in [0.4, 0.5) is 11.4 Å². The van der Waals surface area contributed by atoms with Gasteiger partial charge in [0.1, 0.15) is 0 Å². The SMILES string of the molecule is CCNC(=O)c1ccc(N)cc1NCCCSC. The molecule has 0 fully saturated rings. The van der Waals surface area contributed by atoms with Crippen LogP contribution >= 0.6 is 11.8 Å². The van der Waals surface area contributed by atoms with Gasteiger partial charge < -0.3 is 16.4 Å². The Morgan fingerprint density at radius 2 is 2.22 bits per heavy atom. The standard InChI is InChI=1S/C13H21N3OS/c1-3-15-13(17)11-6-5-10(14)9-12(11)16-7-4-8-18-2/h5-6,9,16H,3-4,7-8,14H2,1-2H3,(H,15,17). The molecule has 0 aliphatic rings. The van der Waals surface area contributed by atoms with E-state index in [0.717, 1.165) is 24.4 Å². The van der Waals surface area contributed by atoms with Gasteiger partial charge in [-0.2, -0.15) is 11.8 Å². The van der Waals surface area contributed by atoms with Crippen molar-refractivity contribution < 1.29 is 4.79 Å². The molecule has 1 amide bonds. The number of hydrogen-bond donors (Lipinski definition) is 3. The van der Waals surface area contributed by atoms with E-state index < -0.39 is 0 Å². The molecule has 4 nitrogen and oxygen atoms in total. The number of carbonyl (C=O) groups is 1. The van der Waals surface area contributed by atoms with Gasteiger partial charge in [0.25, 0.3) is 5.91 Å². The van der Waals surface area contributed by atoms with Crippen molar-refractivity contribution in [2.45, 2.75) is 13.3 Å². The van der Waals surface area contributed by atoms with Crippen LogP contribution in [0.3, 0.4) is 0 Å². The van der Waals surface area contributed by atoms with E-state index in [1.54, 1.807) is 12.1 Å². The summed E-state index contributed by atoms with van der Waals surface area (Å²) in [6, 6.07) is 5.32. The molecule has 1 rings (SSSR count). The molecule has 0 radical (unpaired) electrons. The Kier molecular flexibility index (Phi) is 6.43. The summed E-state index contributed by atoms with van der Waals surface area (Å²) >= 11 is 1.81. The van der Waals surface area contributed by atoms with Gasteiger partial charge in [-0.05, 0) is 43.6 Å². The van der Waals surface area contributed by atoms with Crippen LogP contribution in [-0.2, 0) is 0 Å². The Bertz CT molecular complexity index is 396. The molecular weight excluding hydrogens is 246 g/mol. The molecule has 1 aromatic rings. The lowest BCUT2D eigenvalue weighted by Crippen LogP contribution is -2.24. The van der Waals surface area contributed by atoms with Crippen LogP contribution in [0.2, 0.25) is 0 Å². The second-order valence-electron chi connectivity index (χ2n) is 3.94. The van der Waals surface area contributed by atoms with Crippen LogP contribution in [0.1, 0.15) is 23.7 Å². The van der Waals surface area contributed by atoms with Gasteiger partial charge in [0.15, 0.2) is 0 Å². The number of rotatable bonds is 7. The van der Waals surface area contributed by atoms with Crippen molar-refractivity contribution in [1.29, 1.82) is 0 Å². The normalized spacial score (nSPS) is 10.1. The second-order valence-corrected chi connectivity index (χ2v) is 4.92. The molecule has 5 heteroatoms. The van der Waals surface area contributed by atoms with Crippen molar-refractivity contribution in [3.05, 3.63) is 23.8 Å². The summed E-state index contributed by atoms with van der Waals surface area (Å²) < 4.78 is 0. The first-order valence-electron chi connectivity index (χ1n) is 6.09. The van der Waals surface area contributed by atoms with E-state index in [2.05, 4.69) is 16.9 Å². The summed E-state index contributed by atoms with van der Waals surface area (Å²) in [5.41, 5.74) is 7.87. The Hall–Kier alpha value is -1.36. The van der Waals surface area contributed by atoms with Crippen molar-refractivity contribution in [3.63, 3.8) is 0 Å². The fourth-order valence-corrected chi connectivity index (χ4v) is 2.03. The maximum Gasteiger partial charge on any atom is 0.253 e. The highest BCUT2D eigenvalue weighted by Crippen LogP contribution is 2.19. The zero-order chi connectivity index (χ0) is 13.4. The minimum atomic E-state index is -0.0649.